The maximum Gasteiger partial charge on any atom is 0.186 e. The van der Waals surface area contributed by atoms with Crippen LogP contribution in [-0.2, 0) is 0 Å². The van der Waals surface area contributed by atoms with Crippen molar-refractivity contribution in [2.45, 2.75) is 0 Å². The fourth-order valence-electron chi connectivity index (χ4n) is 3.12. The van der Waals surface area contributed by atoms with Crippen LogP contribution in [0.3, 0.4) is 0 Å². The number of hydrogen-bond donors (Lipinski definition) is 0. The van der Waals surface area contributed by atoms with E-state index in [2.05, 4.69) is 31.0 Å². The Kier molecular flexibility index (Phi) is 3.08. The smallest absolute Gasteiger partial charge is 0.186 e. The Balaban J connectivity index is 1.38. The van der Waals surface area contributed by atoms with Gasteiger partial charge < -0.3 is 9.80 Å². The first-order valence-electron chi connectivity index (χ1n) is 7.88. The molecule has 0 bridgehead atoms. The number of piperazine rings is 1. The average Bonchev–Trinajstić information content (AvgIpc) is 3.28. The van der Waals surface area contributed by atoms with Crippen LogP contribution in [0.25, 0.3) is 15.9 Å². The first kappa shape index (κ1) is 13.7. The first-order chi connectivity index (χ1) is 11.9. The van der Waals surface area contributed by atoms with Crippen LogP contribution in [0.15, 0.2) is 43.0 Å². The molecule has 1 aliphatic rings. The third-order valence-electron chi connectivity index (χ3n) is 4.36. The summed E-state index contributed by atoms with van der Waals surface area (Å²) in [7, 11) is 0. The van der Waals surface area contributed by atoms with Gasteiger partial charge in [-0.15, -0.1) is 10.2 Å². The van der Waals surface area contributed by atoms with Crippen LogP contribution in [0.1, 0.15) is 0 Å². The van der Waals surface area contributed by atoms with Crippen molar-refractivity contribution in [2.24, 2.45) is 0 Å². The Labute approximate surface area is 142 Å². The summed E-state index contributed by atoms with van der Waals surface area (Å²) in [6, 6.07) is 8.16. The summed E-state index contributed by atoms with van der Waals surface area (Å²) in [4.78, 5) is 13.6. The Hall–Kier alpha value is -2.74. The molecule has 4 aromatic heterocycles. The Bertz CT molecular complexity index is 967. The molecule has 0 atom stereocenters. The van der Waals surface area contributed by atoms with E-state index in [1.807, 2.05) is 35.0 Å². The van der Waals surface area contributed by atoms with Gasteiger partial charge in [0.2, 0.25) is 0 Å². The van der Waals surface area contributed by atoms with Gasteiger partial charge in [0, 0.05) is 32.4 Å². The van der Waals surface area contributed by atoms with Crippen molar-refractivity contribution in [3.8, 4) is 0 Å². The monoisotopic (exact) mass is 337 g/mol. The normalized spacial score (nSPS) is 15.5. The zero-order chi connectivity index (χ0) is 15.9. The van der Waals surface area contributed by atoms with Crippen molar-refractivity contribution in [1.82, 2.24) is 24.6 Å². The predicted octanol–water partition coefficient (Wildman–Crippen LogP) is 2.06. The van der Waals surface area contributed by atoms with E-state index in [9.17, 15) is 0 Å². The number of anilines is 2. The predicted molar refractivity (Wildman–Crippen MR) is 94.8 cm³/mol. The van der Waals surface area contributed by atoms with Crippen molar-refractivity contribution in [3.63, 3.8) is 0 Å². The van der Waals surface area contributed by atoms with Gasteiger partial charge in [0.25, 0.3) is 0 Å². The van der Waals surface area contributed by atoms with Crippen LogP contribution in [-0.4, -0.2) is 50.7 Å². The first-order valence-corrected chi connectivity index (χ1v) is 8.69. The molecule has 0 radical (unpaired) electrons. The molecule has 0 aliphatic carbocycles. The van der Waals surface area contributed by atoms with E-state index in [0.717, 1.165) is 48.3 Å². The second-order valence-corrected chi connectivity index (χ2v) is 6.77. The summed E-state index contributed by atoms with van der Waals surface area (Å²) >= 11 is 1.74. The van der Waals surface area contributed by atoms with Gasteiger partial charge in [0.1, 0.15) is 17.7 Å². The van der Waals surface area contributed by atoms with Crippen LogP contribution in [0.5, 0.6) is 0 Å². The van der Waals surface area contributed by atoms with Gasteiger partial charge in [-0.05, 0) is 18.2 Å². The lowest BCUT2D eigenvalue weighted by Crippen LogP contribution is -2.47. The van der Waals surface area contributed by atoms with Crippen LogP contribution in [0, 0.1) is 0 Å². The Morgan fingerprint density at radius 3 is 2.75 bits per heavy atom. The molecule has 4 aromatic rings. The third kappa shape index (κ3) is 2.18. The van der Waals surface area contributed by atoms with Gasteiger partial charge >= 0.3 is 0 Å². The minimum atomic E-state index is 0.883. The number of thiazole rings is 1. The summed E-state index contributed by atoms with van der Waals surface area (Å²) < 4.78 is 3.23. The molecule has 24 heavy (non-hydrogen) atoms. The van der Waals surface area contributed by atoms with E-state index in [1.54, 1.807) is 17.7 Å². The number of pyridine rings is 2. The molecule has 0 amide bonds. The van der Waals surface area contributed by atoms with Crippen LogP contribution in [0.2, 0.25) is 0 Å². The van der Waals surface area contributed by atoms with Crippen molar-refractivity contribution >= 4 is 38.2 Å². The number of aromatic nitrogens is 5. The maximum atomic E-state index is 4.71. The lowest BCUT2D eigenvalue weighted by atomic mass is 10.3. The molecule has 5 heterocycles. The highest BCUT2D eigenvalue weighted by molar-refractivity contribution is 7.22. The molecular weight excluding hydrogens is 322 g/mol. The highest BCUT2D eigenvalue weighted by Crippen LogP contribution is 2.29. The van der Waals surface area contributed by atoms with E-state index in [-0.39, 0.29) is 0 Å². The van der Waals surface area contributed by atoms with E-state index in [4.69, 9.17) is 4.98 Å². The van der Waals surface area contributed by atoms with Crippen molar-refractivity contribution in [1.29, 1.82) is 0 Å². The summed E-state index contributed by atoms with van der Waals surface area (Å²) in [5, 5.41) is 9.21. The highest BCUT2D eigenvalue weighted by atomic mass is 32.1. The Morgan fingerprint density at radius 1 is 1.00 bits per heavy atom. The minimum Gasteiger partial charge on any atom is -0.354 e. The van der Waals surface area contributed by atoms with Gasteiger partial charge in [-0.25, -0.2) is 4.98 Å². The fourth-order valence-corrected chi connectivity index (χ4v) is 4.11. The van der Waals surface area contributed by atoms with Crippen LogP contribution in [0.4, 0.5) is 10.9 Å². The molecule has 0 aromatic carbocycles. The van der Waals surface area contributed by atoms with Gasteiger partial charge in [-0.1, -0.05) is 17.4 Å². The lowest BCUT2D eigenvalue weighted by Gasteiger charge is -2.35. The zero-order valence-electron chi connectivity index (χ0n) is 12.9. The molecule has 0 N–H and O–H groups in total. The van der Waals surface area contributed by atoms with Crippen molar-refractivity contribution < 1.29 is 0 Å². The van der Waals surface area contributed by atoms with E-state index < -0.39 is 0 Å². The Morgan fingerprint density at radius 2 is 1.88 bits per heavy atom. The molecule has 5 rings (SSSR count). The number of nitrogens with zero attached hydrogens (tertiary/aromatic N) is 7. The van der Waals surface area contributed by atoms with Crippen LogP contribution >= 0.6 is 11.3 Å². The number of hydrogen-bond acceptors (Lipinski definition) is 7. The van der Waals surface area contributed by atoms with E-state index >= 15 is 0 Å². The standard InChI is InChI=1S/C16H15N7S/c1-2-14-20-18-11-23(14)15(3-1)21-6-8-22(9-7-21)16-19-12-10-17-5-4-13(12)24-16/h1-5,10-11H,6-9H2. The minimum absolute atomic E-state index is 0.883. The molecule has 1 fully saturated rings. The molecule has 1 saturated heterocycles. The SMILES string of the molecule is c1cc(N2CCN(c3nc4cnccc4s3)CC2)n2cnnc2c1. The number of fused-ring (bicyclic) bond motifs is 2. The molecule has 8 heteroatoms. The highest BCUT2D eigenvalue weighted by Gasteiger charge is 2.21. The molecule has 120 valence electrons. The molecule has 0 saturated carbocycles. The third-order valence-corrected chi connectivity index (χ3v) is 5.46. The summed E-state index contributed by atoms with van der Waals surface area (Å²) in [5.74, 6) is 1.14. The number of rotatable bonds is 2. The second-order valence-electron chi connectivity index (χ2n) is 5.76. The summed E-state index contributed by atoms with van der Waals surface area (Å²) in [5.41, 5.74) is 1.86. The topological polar surface area (TPSA) is 62.5 Å². The summed E-state index contributed by atoms with van der Waals surface area (Å²) in [6.45, 7) is 3.80. The van der Waals surface area contributed by atoms with Gasteiger partial charge in [-0.2, -0.15) is 0 Å². The summed E-state index contributed by atoms with van der Waals surface area (Å²) in [6.07, 6.45) is 5.43. The van der Waals surface area contributed by atoms with Gasteiger partial charge in [0.15, 0.2) is 10.8 Å². The lowest BCUT2D eigenvalue weighted by molar-refractivity contribution is 0.644. The molecule has 0 spiro atoms. The second kappa shape index (κ2) is 5.41. The average molecular weight is 337 g/mol. The van der Waals surface area contributed by atoms with Crippen LogP contribution < -0.4 is 9.80 Å². The quantitative estimate of drug-likeness (QED) is 0.558. The van der Waals surface area contributed by atoms with Gasteiger partial charge in [-0.3, -0.25) is 9.38 Å². The molecule has 7 nitrogen and oxygen atoms in total. The fraction of sp³-hybridized carbons (Fsp3) is 0.250. The van der Waals surface area contributed by atoms with E-state index in [1.165, 1.54) is 4.70 Å². The largest absolute Gasteiger partial charge is 0.354 e. The van der Waals surface area contributed by atoms with Gasteiger partial charge in [0.05, 0.1) is 10.9 Å². The van der Waals surface area contributed by atoms with Crippen molar-refractivity contribution in [3.05, 3.63) is 43.0 Å². The molecule has 1 aliphatic heterocycles. The zero-order valence-corrected chi connectivity index (χ0v) is 13.7. The van der Waals surface area contributed by atoms with E-state index in [0.29, 0.717) is 0 Å². The molecule has 0 unspecified atom stereocenters. The van der Waals surface area contributed by atoms with Crippen molar-refractivity contribution in [2.75, 3.05) is 36.0 Å². The maximum absolute atomic E-state index is 4.71. The molecular formula is C16H15N7S.